The van der Waals surface area contributed by atoms with E-state index in [-0.39, 0.29) is 0 Å². The van der Waals surface area contributed by atoms with Gasteiger partial charge in [0, 0.05) is 0 Å². The van der Waals surface area contributed by atoms with E-state index in [4.69, 9.17) is 0 Å². The van der Waals surface area contributed by atoms with Gasteiger partial charge in [0.05, 0.1) is 0 Å². The Balaban J connectivity index is 2.69. The van der Waals surface area contributed by atoms with Crippen molar-refractivity contribution in [2.45, 2.75) is 62.4 Å². The van der Waals surface area contributed by atoms with Crippen LogP contribution in [0.25, 0.3) is 0 Å². The second-order valence-electron chi connectivity index (χ2n) is 3.16. The van der Waals surface area contributed by atoms with Gasteiger partial charge in [-0.15, -0.1) is 0 Å². The van der Waals surface area contributed by atoms with Crippen molar-refractivity contribution in [3.8, 4) is 0 Å². The summed E-state index contributed by atoms with van der Waals surface area (Å²) in [6.45, 7) is 2.28. The molecule has 0 rings (SSSR count). The van der Waals surface area contributed by atoms with E-state index in [1.807, 2.05) is 24.7 Å². The first-order valence-electron chi connectivity index (χ1n) is 4.97. The molecule has 0 aromatic carbocycles. The quantitative estimate of drug-likeness (QED) is 0.578. The first-order valence-corrected chi connectivity index (χ1v) is 7.05. The van der Waals surface area contributed by atoms with E-state index in [0.717, 1.165) is 0 Å². The number of hydrogen-bond donors (Lipinski definition) is 0. The van der Waals surface area contributed by atoms with E-state index in [1.54, 1.807) is 0 Å². The fourth-order valence-electron chi connectivity index (χ4n) is 1.23. The fourth-order valence-corrected chi connectivity index (χ4v) is 1.96. The third-order valence-electron chi connectivity index (χ3n) is 1.99. The molecule has 0 N–H and O–H groups in total. The van der Waals surface area contributed by atoms with Crippen LogP contribution in [0, 0.1) is 24.7 Å². The van der Waals surface area contributed by atoms with Crippen LogP contribution in [0.5, 0.6) is 0 Å². The molecule has 68 valence electrons. The van der Waals surface area contributed by atoms with Crippen molar-refractivity contribution in [2.75, 3.05) is 0 Å². The van der Waals surface area contributed by atoms with Gasteiger partial charge in [0.15, 0.2) is 0 Å². The maximum atomic E-state index is 2.28. The van der Waals surface area contributed by atoms with E-state index in [0.29, 0.717) is 0 Å². The molecule has 0 spiro atoms. The van der Waals surface area contributed by atoms with E-state index in [2.05, 4.69) is 6.92 Å². The SMILES string of the molecule is CCCCCCCCCC[At]. The molecule has 0 saturated carbocycles. The van der Waals surface area contributed by atoms with Crippen LogP contribution in [-0.4, -0.2) is 0 Å². The zero-order valence-electron chi connectivity index (χ0n) is 7.74. The van der Waals surface area contributed by atoms with Gasteiger partial charge >= 0.3 is 87.1 Å². The maximum absolute atomic E-state index is 2.28. The summed E-state index contributed by atoms with van der Waals surface area (Å²) in [5, 5.41) is 0. The van der Waals surface area contributed by atoms with Gasteiger partial charge in [-0.3, -0.25) is 0 Å². The Bertz CT molecular complexity index is 53.9. The second kappa shape index (κ2) is 10.9. The van der Waals surface area contributed by atoms with Gasteiger partial charge in [-0.1, -0.05) is 0 Å². The summed E-state index contributed by atoms with van der Waals surface area (Å²) >= 11 is 1.93. The summed E-state index contributed by atoms with van der Waals surface area (Å²) < 4.78 is 1.43. The summed E-state index contributed by atoms with van der Waals surface area (Å²) in [6.07, 6.45) is 11.6. The van der Waals surface area contributed by atoms with Gasteiger partial charge in [-0.25, -0.2) is 0 Å². The van der Waals surface area contributed by atoms with Crippen molar-refractivity contribution in [3.05, 3.63) is 0 Å². The Kier molecular flexibility index (Phi) is 11.8. The molecule has 0 amide bonds. The number of hydrogen-bond acceptors (Lipinski definition) is 0. The molecule has 0 aliphatic carbocycles. The fraction of sp³-hybridized carbons (Fsp3) is 1.00. The van der Waals surface area contributed by atoms with E-state index in [1.165, 1.54) is 55.5 Å². The Morgan fingerprint density at radius 3 is 1.64 bits per heavy atom. The zero-order valence-corrected chi connectivity index (χ0v) is 10.7. The monoisotopic (exact) mass is 351 g/mol. The predicted molar refractivity (Wildman–Crippen MR) is 47.4 cm³/mol. The van der Waals surface area contributed by atoms with Crippen LogP contribution >= 0.6 is 0 Å². The molecular weight excluding hydrogens is 330 g/mol. The summed E-state index contributed by atoms with van der Waals surface area (Å²) in [5.41, 5.74) is 0. The Morgan fingerprint density at radius 1 is 0.727 bits per heavy atom. The van der Waals surface area contributed by atoms with Gasteiger partial charge in [0.2, 0.25) is 0 Å². The molecule has 0 radical (unpaired) electrons. The van der Waals surface area contributed by atoms with Gasteiger partial charge in [-0.05, 0) is 0 Å². The molecule has 0 unspecified atom stereocenters. The first-order chi connectivity index (χ1) is 5.41. The topological polar surface area (TPSA) is 0 Å². The molecule has 0 aliphatic rings. The molecule has 0 nitrogen and oxygen atoms in total. The van der Waals surface area contributed by atoms with Crippen LogP contribution in [0.3, 0.4) is 0 Å². The zero-order chi connectivity index (χ0) is 8.36. The van der Waals surface area contributed by atoms with Crippen LogP contribution in [0.1, 0.15) is 58.3 Å². The molecule has 0 aromatic heterocycles. The Hall–Kier alpha value is 0.883. The van der Waals surface area contributed by atoms with Crippen LogP contribution in [0.2, 0.25) is 4.13 Å². The van der Waals surface area contributed by atoms with Gasteiger partial charge in [0.1, 0.15) is 0 Å². The Labute approximate surface area is 87.0 Å². The van der Waals surface area contributed by atoms with Crippen molar-refractivity contribution in [2.24, 2.45) is 0 Å². The summed E-state index contributed by atoms with van der Waals surface area (Å²) in [7, 11) is 0. The number of rotatable bonds is 8. The summed E-state index contributed by atoms with van der Waals surface area (Å²) in [5.74, 6) is 0. The predicted octanol–water partition coefficient (Wildman–Crippen LogP) is 4.09. The first kappa shape index (κ1) is 11.9. The average molecular weight is 351 g/mol. The minimum atomic E-state index is 1.37. The van der Waals surface area contributed by atoms with E-state index >= 15 is 0 Å². The van der Waals surface area contributed by atoms with E-state index < -0.39 is 0 Å². The van der Waals surface area contributed by atoms with Crippen molar-refractivity contribution < 1.29 is 24.7 Å². The third-order valence-corrected chi connectivity index (χ3v) is 3.03. The molecule has 0 heterocycles. The van der Waals surface area contributed by atoms with Crippen LogP contribution < -0.4 is 0 Å². The van der Waals surface area contributed by atoms with Crippen molar-refractivity contribution in [3.63, 3.8) is 0 Å². The normalized spacial score (nSPS) is 10.4. The average Bonchev–Trinajstić information content (AvgIpc) is 2.03. The van der Waals surface area contributed by atoms with Crippen LogP contribution in [0.4, 0.5) is 0 Å². The van der Waals surface area contributed by atoms with Crippen molar-refractivity contribution in [1.29, 1.82) is 0 Å². The number of unbranched alkanes of at least 4 members (excludes halogenated alkanes) is 7. The molecule has 0 atom stereocenters. The third kappa shape index (κ3) is 10.9. The van der Waals surface area contributed by atoms with E-state index in [9.17, 15) is 0 Å². The molecular formula is C10H21At. The molecule has 0 saturated heterocycles. The van der Waals surface area contributed by atoms with Gasteiger partial charge < -0.3 is 0 Å². The van der Waals surface area contributed by atoms with Crippen LogP contribution in [-0.2, 0) is 0 Å². The molecule has 0 aliphatic heterocycles. The second-order valence-corrected chi connectivity index (χ2v) is 4.63. The minimum absolute atomic E-state index is 1.37. The molecule has 0 aromatic rings. The van der Waals surface area contributed by atoms with Crippen LogP contribution in [0.15, 0.2) is 0 Å². The Morgan fingerprint density at radius 2 is 1.18 bits per heavy atom. The molecule has 0 bridgehead atoms. The molecule has 0 fully saturated rings. The molecule has 11 heavy (non-hydrogen) atoms. The van der Waals surface area contributed by atoms with Gasteiger partial charge in [-0.2, -0.15) is 0 Å². The molecule has 1 heteroatoms. The summed E-state index contributed by atoms with van der Waals surface area (Å²) in [6, 6.07) is 0. The van der Waals surface area contributed by atoms with Crippen molar-refractivity contribution in [1.82, 2.24) is 0 Å². The summed E-state index contributed by atoms with van der Waals surface area (Å²) in [4.78, 5) is 0. The standard InChI is InChI=1S/C10H21At/c1-2-3-4-5-6-7-8-9-10-11/h2-10H2,1H3. The van der Waals surface area contributed by atoms with Gasteiger partial charge in [0.25, 0.3) is 0 Å². The van der Waals surface area contributed by atoms with Crippen molar-refractivity contribution >= 4 is 0 Å².